The number of phenols is 2. The number of carbonyl (C=O) groups is 2. The summed E-state index contributed by atoms with van der Waals surface area (Å²) in [7, 11) is 0. The number of aryl methyl sites for hydroxylation is 1. The van der Waals surface area contributed by atoms with Crippen molar-refractivity contribution in [1.29, 1.82) is 0 Å². The lowest BCUT2D eigenvalue weighted by atomic mass is 9.81. The zero-order valence-corrected chi connectivity index (χ0v) is 21.7. The maximum Gasteiger partial charge on any atom is 0.200 e. The number of halogens is 2. The van der Waals surface area contributed by atoms with Crippen molar-refractivity contribution in [3.63, 3.8) is 0 Å². The number of unbranched alkanes of at least 4 members (excludes halogenated alkanes) is 3. The molecular formula is C26H24Br2N2O4. The number of nitrogen functional groups attached to an aromatic ring is 1. The van der Waals surface area contributed by atoms with Crippen molar-refractivity contribution in [3.8, 4) is 11.5 Å². The van der Waals surface area contributed by atoms with Gasteiger partial charge in [0.1, 0.15) is 11.5 Å². The van der Waals surface area contributed by atoms with Gasteiger partial charge >= 0.3 is 0 Å². The summed E-state index contributed by atoms with van der Waals surface area (Å²) in [6.07, 6.45) is 5.77. The molecule has 0 saturated heterocycles. The molecule has 5 N–H and O–H groups in total. The predicted octanol–water partition coefficient (Wildman–Crippen LogP) is 6.85. The quantitative estimate of drug-likeness (QED) is 0.107. The van der Waals surface area contributed by atoms with Gasteiger partial charge in [-0.05, 0) is 74.5 Å². The molecule has 0 saturated carbocycles. The van der Waals surface area contributed by atoms with Gasteiger partial charge in [-0.1, -0.05) is 38.3 Å². The van der Waals surface area contributed by atoms with Crippen molar-refractivity contribution >= 4 is 60.5 Å². The molecule has 0 amide bonds. The third kappa shape index (κ3) is 4.32. The van der Waals surface area contributed by atoms with Crippen LogP contribution >= 0.6 is 31.9 Å². The molecule has 176 valence electrons. The zero-order valence-electron chi connectivity index (χ0n) is 18.5. The van der Waals surface area contributed by atoms with Crippen LogP contribution in [0.15, 0.2) is 45.3 Å². The number of benzene rings is 3. The van der Waals surface area contributed by atoms with E-state index in [1.54, 1.807) is 6.07 Å². The van der Waals surface area contributed by atoms with Crippen LogP contribution < -0.4 is 11.1 Å². The number of fused-ring (bicyclic) bond motifs is 2. The Labute approximate surface area is 214 Å². The minimum atomic E-state index is -0.630. The van der Waals surface area contributed by atoms with Gasteiger partial charge in [0, 0.05) is 11.4 Å². The predicted molar refractivity (Wildman–Crippen MR) is 140 cm³/mol. The minimum Gasteiger partial charge on any atom is -0.506 e. The molecule has 0 unspecified atom stereocenters. The van der Waals surface area contributed by atoms with Gasteiger partial charge < -0.3 is 21.3 Å². The summed E-state index contributed by atoms with van der Waals surface area (Å²) >= 11 is 6.46. The molecule has 0 heterocycles. The van der Waals surface area contributed by atoms with Crippen LogP contribution in [-0.4, -0.2) is 21.8 Å². The van der Waals surface area contributed by atoms with E-state index in [4.69, 9.17) is 5.73 Å². The number of nitrogens with one attached hydrogen (secondary N) is 1. The van der Waals surface area contributed by atoms with Crippen LogP contribution in [0.5, 0.6) is 11.5 Å². The Kier molecular flexibility index (Phi) is 7.00. The fourth-order valence-electron chi connectivity index (χ4n) is 4.24. The van der Waals surface area contributed by atoms with E-state index in [0.29, 0.717) is 5.69 Å². The number of rotatable bonds is 7. The van der Waals surface area contributed by atoms with Crippen LogP contribution in [0.2, 0.25) is 0 Å². The van der Waals surface area contributed by atoms with Crippen molar-refractivity contribution in [2.45, 2.75) is 39.0 Å². The zero-order chi connectivity index (χ0) is 24.6. The number of carbonyl (C=O) groups excluding carboxylic acids is 2. The minimum absolute atomic E-state index is 0.0188. The maximum atomic E-state index is 13.5. The van der Waals surface area contributed by atoms with Gasteiger partial charge in [-0.2, -0.15) is 0 Å². The third-order valence-electron chi connectivity index (χ3n) is 6.00. The van der Waals surface area contributed by atoms with E-state index in [0.717, 1.165) is 18.5 Å². The largest absolute Gasteiger partial charge is 0.506 e. The molecule has 8 heteroatoms. The molecule has 1 aliphatic rings. The van der Waals surface area contributed by atoms with E-state index in [9.17, 15) is 19.8 Å². The number of ketones is 2. The molecule has 34 heavy (non-hydrogen) atoms. The number of hydrogen-bond donors (Lipinski definition) is 4. The van der Waals surface area contributed by atoms with Crippen molar-refractivity contribution in [2.75, 3.05) is 11.1 Å². The SMILES string of the molecule is CCCCCCc1ccc(Nc2cc(Br)c(O)c3c2C(=O)c2c(O)c(Br)cc(N)c2C3=O)cc1. The van der Waals surface area contributed by atoms with E-state index in [1.807, 2.05) is 24.3 Å². The van der Waals surface area contributed by atoms with Crippen LogP contribution in [0.3, 0.4) is 0 Å². The third-order valence-corrected chi connectivity index (χ3v) is 7.21. The van der Waals surface area contributed by atoms with Gasteiger partial charge in [-0.3, -0.25) is 9.59 Å². The van der Waals surface area contributed by atoms with Gasteiger partial charge in [0.2, 0.25) is 11.6 Å². The lowest BCUT2D eigenvalue weighted by molar-refractivity contribution is 0.0975. The first-order valence-electron chi connectivity index (χ1n) is 11.1. The number of nitrogens with two attached hydrogens (primary N) is 1. The normalized spacial score (nSPS) is 12.4. The standard InChI is InChI=1S/C26H24Br2N2O4/c1-2-3-4-5-6-13-7-9-14(10-8-13)30-18-12-16(28)24(32)22-20(18)26(34)21-19(25(22)33)17(29)11-15(27)23(21)31/h7-12,30-32H,2-6,29H2,1H3. The van der Waals surface area contributed by atoms with Crippen molar-refractivity contribution in [3.05, 3.63) is 73.2 Å². The smallest absolute Gasteiger partial charge is 0.200 e. The highest BCUT2D eigenvalue weighted by molar-refractivity contribution is 9.11. The molecule has 0 radical (unpaired) electrons. The summed E-state index contributed by atoms with van der Waals surface area (Å²) in [5.74, 6) is -1.95. The molecule has 0 bridgehead atoms. The Bertz CT molecular complexity index is 1300. The average Bonchev–Trinajstić information content (AvgIpc) is 2.80. The first-order valence-corrected chi connectivity index (χ1v) is 12.6. The number of phenolic OH excluding ortho intramolecular Hbond substituents is 2. The first kappa shape index (κ1) is 24.3. The monoisotopic (exact) mass is 586 g/mol. The van der Waals surface area contributed by atoms with Crippen molar-refractivity contribution in [2.24, 2.45) is 0 Å². The van der Waals surface area contributed by atoms with Crippen LogP contribution in [0.25, 0.3) is 0 Å². The van der Waals surface area contributed by atoms with Gasteiger partial charge in [-0.15, -0.1) is 0 Å². The molecule has 3 aromatic carbocycles. The number of hydrogen-bond acceptors (Lipinski definition) is 6. The molecular weight excluding hydrogens is 564 g/mol. The summed E-state index contributed by atoms with van der Waals surface area (Å²) in [5, 5.41) is 24.4. The van der Waals surface area contributed by atoms with Crippen LogP contribution in [0.1, 0.15) is 70.0 Å². The Morgan fingerprint density at radius 3 is 2.06 bits per heavy atom. The van der Waals surface area contributed by atoms with E-state index in [-0.39, 0.29) is 48.4 Å². The van der Waals surface area contributed by atoms with Crippen LogP contribution in [0.4, 0.5) is 17.1 Å². The van der Waals surface area contributed by atoms with Gasteiger partial charge in [0.15, 0.2) is 0 Å². The number of anilines is 3. The fraction of sp³-hybridized carbons (Fsp3) is 0.231. The van der Waals surface area contributed by atoms with Crippen molar-refractivity contribution < 1.29 is 19.8 Å². The second-order valence-electron chi connectivity index (χ2n) is 8.34. The molecule has 6 nitrogen and oxygen atoms in total. The highest BCUT2D eigenvalue weighted by Crippen LogP contribution is 2.46. The van der Waals surface area contributed by atoms with Gasteiger partial charge in [0.05, 0.1) is 36.9 Å². The van der Waals surface area contributed by atoms with Crippen molar-refractivity contribution in [1.82, 2.24) is 0 Å². The maximum absolute atomic E-state index is 13.5. The fourth-order valence-corrected chi connectivity index (χ4v) is 5.11. The molecule has 0 aliphatic heterocycles. The Morgan fingerprint density at radius 2 is 1.41 bits per heavy atom. The van der Waals surface area contributed by atoms with Gasteiger partial charge in [0.25, 0.3) is 0 Å². The topological polar surface area (TPSA) is 113 Å². The second kappa shape index (κ2) is 9.80. The van der Waals surface area contributed by atoms with Gasteiger partial charge in [-0.25, -0.2) is 0 Å². The molecule has 0 aromatic heterocycles. The molecule has 0 atom stereocenters. The van der Waals surface area contributed by atoms with E-state index in [1.165, 1.54) is 30.9 Å². The van der Waals surface area contributed by atoms with Crippen LogP contribution in [0, 0.1) is 0 Å². The molecule has 0 spiro atoms. The molecule has 3 aromatic rings. The average molecular weight is 588 g/mol. The summed E-state index contributed by atoms with van der Waals surface area (Å²) < 4.78 is 0.463. The van der Waals surface area contributed by atoms with E-state index < -0.39 is 11.6 Å². The molecule has 1 aliphatic carbocycles. The summed E-state index contributed by atoms with van der Waals surface area (Å²) in [5.41, 5.74) is 7.84. The molecule has 0 fully saturated rings. The highest BCUT2D eigenvalue weighted by Gasteiger charge is 2.39. The summed E-state index contributed by atoms with van der Waals surface area (Å²) in [6.45, 7) is 2.19. The lowest BCUT2D eigenvalue weighted by Gasteiger charge is -2.24. The Hall–Kier alpha value is -2.84. The Balaban J connectivity index is 1.73. The summed E-state index contributed by atoms with van der Waals surface area (Å²) in [6, 6.07) is 10.8. The van der Waals surface area contributed by atoms with Crippen LogP contribution in [-0.2, 0) is 6.42 Å². The Morgan fingerprint density at radius 1 is 0.824 bits per heavy atom. The molecule has 4 rings (SSSR count). The lowest BCUT2D eigenvalue weighted by Crippen LogP contribution is -2.24. The van der Waals surface area contributed by atoms with E-state index >= 15 is 0 Å². The highest BCUT2D eigenvalue weighted by atomic mass is 79.9. The first-order chi connectivity index (χ1) is 16.2. The number of aromatic hydroxyl groups is 2. The summed E-state index contributed by atoms with van der Waals surface area (Å²) in [4.78, 5) is 26.9. The second-order valence-corrected chi connectivity index (χ2v) is 10.1. The van der Waals surface area contributed by atoms with E-state index in [2.05, 4.69) is 44.1 Å².